The topological polar surface area (TPSA) is 70.1 Å². The van der Waals surface area contributed by atoms with Gasteiger partial charge in [0, 0.05) is 37.7 Å². The van der Waals surface area contributed by atoms with Gasteiger partial charge in [-0.25, -0.2) is 0 Å². The third-order valence-corrected chi connectivity index (χ3v) is 6.09. The molecular formula is C19H23N3O3S. The number of amides is 1. The number of sulfonamides is 1. The Hall–Kier alpha value is -2.41. The Balaban J connectivity index is 1.71. The van der Waals surface area contributed by atoms with Gasteiger partial charge in [-0.05, 0) is 25.0 Å². The molecule has 1 amide bonds. The van der Waals surface area contributed by atoms with Crippen LogP contribution in [0.1, 0.15) is 18.4 Å². The van der Waals surface area contributed by atoms with Gasteiger partial charge in [0.05, 0.1) is 0 Å². The highest BCUT2D eigenvalue weighted by atomic mass is 32.2. The van der Waals surface area contributed by atoms with Gasteiger partial charge < -0.3 is 9.80 Å². The number of hydrogen-bond donors (Lipinski definition) is 0. The van der Waals surface area contributed by atoms with Crippen LogP contribution in [0.5, 0.6) is 0 Å². The highest BCUT2D eigenvalue weighted by Gasteiger charge is 2.35. The fraction of sp³-hybridized carbons (Fsp3) is 0.368. The summed E-state index contributed by atoms with van der Waals surface area (Å²) >= 11 is 0. The van der Waals surface area contributed by atoms with Crippen molar-refractivity contribution < 1.29 is 13.2 Å². The molecule has 2 heterocycles. The molecule has 2 aliphatic rings. The van der Waals surface area contributed by atoms with Gasteiger partial charge in [0.25, 0.3) is 10.0 Å². The lowest BCUT2D eigenvalue weighted by Gasteiger charge is -2.34. The maximum absolute atomic E-state index is 12.7. The first kappa shape index (κ1) is 18.4. The van der Waals surface area contributed by atoms with Gasteiger partial charge >= 0.3 is 0 Å². The molecule has 2 aliphatic heterocycles. The van der Waals surface area contributed by atoms with E-state index in [0.29, 0.717) is 50.4 Å². The van der Waals surface area contributed by atoms with Crippen LogP contribution in [0.25, 0.3) is 0 Å². The molecule has 1 aromatic rings. The molecule has 0 aliphatic carbocycles. The Bertz CT molecular complexity index is 843. The molecule has 0 saturated carbocycles. The predicted molar refractivity (Wildman–Crippen MR) is 101 cm³/mol. The molecule has 0 unspecified atom stereocenters. The summed E-state index contributed by atoms with van der Waals surface area (Å²) in [5, 5.41) is 0. The number of piperidine rings is 1. The largest absolute Gasteiger partial charge is 0.355 e. The average molecular weight is 373 g/mol. The van der Waals surface area contributed by atoms with Crippen LogP contribution in [0.15, 0.2) is 58.9 Å². The minimum atomic E-state index is -3.61. The smallest absolute Gasteiger partial charge is 0.285 e. The van der Waals surface area contributed by atoms with Crippen LogP contribution < -0.4 is 0 Å². The van der Waals surface area contributed by atoms with E-state index in [0.717, 1.165) is 0 Å². The van der Waals surface area contributed by atoms with E-state index in [1.807, 2.05) is 11.0 Å². The van der Waals surface area contributed by atoms with Crippen molar-refractivity contribution in [3.05, 3.63) is 55.1 Å². The van der Waals surface area contributed by atoms with Gasteiger partial charge in [-0.3, -0.25) is 4.79 Å². The zero-order valence-corrected chi connectivity index (χ0v) is 15.5. The van der Waals surface area contributed by atoms with E-state index in [-0.39, 0.29) is 16.7 Å². The number of carbonyl (C=O) groups is 1. The molecule has 6 nitrogen and oxygen atoms in total. The van der Waals surface area contributed by atoms with Gasteiger partial charge in [-0.15, -0.1) is 17.6 Å². The minimum absolute atomic E-state index is 0.0694. The van der Waals surface area contributed by atoms with Crippen LogP contribution in [0.2, 0.25) is 0 Å². The lowest BCUT2D eigenvalue weighted by molar-refractivity contribution is -0.135. The normalized spacial score (nSPS) is 18.8. The summed E-state index contributed by atoms with van der Waals surface area (Å²) in [7, 11) is -3.61. The molecule has 0 N–H and O–H groups in total. The van der Waals surface area contributed by atoms with Gasteiger partial charge in [0.2, 0.25) is 5.91 Å². The molecule has 1 saturated heterocycles. The van der Waals surface area contributed by atoms with E-state index in [1.54, 1.807) is 35.3 Å². The Morgan fingerprint density at radius 3 is 2.42 bits per heavy atom. The molecule has 26 heavy (non-hydrogen) atoms. The number of carbonyl (C=O) groups excluding carboxylic acids is 1. The molecule has 1 aromatic carbocycles. The molecule has 0 spiro atoms. The number of fused-ring (bicyclic) bond motifs is 1. The molecule has 0 atom stereocenters. The van der Waals surface area contributed by atoms with Crippen LogP contribution in [0.3, 0.4) is 0 Å². The van der Waals surface area contributed by atoms with Crippen molar-refractivity contribution >= 4 is 21.8 Å². The third-order valence-electron chi connectivity index (χ3n) is 4.77. The monoisotopic (exact) mass is 373 g/mol. The van der Waals surface area contributed by atoms with E-state index in [1.165, 1.54) is 0 Å². The van der Waals surface area contributed by atoms with E-state index in [9.17, 15) is 13.2 Å². The van der Waals surface area contributed by atoms with E-state index < -0.39 is 10.0 Å². The third kappa shape index (κ3) is 3.44. The number of rotatable bonds is 5. The fourth-order valence-electron chi connectivity index (χ4n) is 3.48. The maximum atomic E-state index is 12.7. The van der Waals surface area contributed by atoms with Crippen molar-refractivity contribution in [2.24, 2.45) is 10.3 Å². The molecule has 0 bridgehead atoms. The molecular weight excluding hydrogens is 350 g/mol. The van der Waals surface area contributed by atoms with Crippen molar-refractivity contribution in [1.82, 2.24) is 9.80 Å². The number of hydrogen-bond acceptors (Lipinski definition) is 4. The second-order valence-corrected chi connectivity index (χ2v) is 8.04. The van der Waals surface area contributed by atoms with Crippen molar-refractivity contribution in [2.45, 2.75) is 17.7 Å². The number of amidine groups is 1. The van der Waals surface area contributed by atoms with Gasteiger partial charge in [-0.1, -0.05) is 24.3 Å². The number of likely N-dealkylation sites (tertiary alicyclic amines) is 1. The summed E-state index contributed by atoms with van der Waals surface area (Å²) in [5.74, 6) is 0.534. The summed E-state index contributed by atoms with van der Waals surface area (Å²) < 4.78 is 28.4. The lowest BCUT2D eigenvalue weighted by Crippen LogP contribution is -2.44. The van der Waals surface area contributed by atoms with Crippen LogP contribution >= 0.6 is 0 Å². The highest BCUT2D eigenvalue weighted by molar-refractivity contribution is 7.90. The number of benzene rings is 1. The quantitative estimate of drug-likeness (QED) is 0.741. The SMILES string of the molecule is C=CCN(CC=C)C(=O)C1CCN(C2=NS(=O)(=O)c3ccccc32)CC1. The molecule has 7 heteroatoms. The van der Waals surface area contributed by atoms with Crippen LogP contribution in [-0.4, -0.2) is 56.1 Å². The zero-order chi connectivity index (χ0) is 18.7. The summed E-state index contributed by atoms with van der Waals surface area (Å²) in [6.45, 7) is 9.62. The first-order valence-electron chi connectivity index (χ1n) is 8.68. The Morgan fingerprint density at radius 2 is 1.81 bits per heavy atom. The van der Waals surface area contributed by atoms with Gasteiger partial charge in [0.15, 0.2) is 5.84 Å². The summed E-state index contributed by atoms with van der Waals surface area (Å²) in [6, 6.07) is 6.88. The van der Waals surface area contributed by atoms with E-state index in [2.05, 4.69) is 17.6 Å². The van der Waals surface area contributed by atoms with Crippen LogP contribution in [0, 0.1) is 5.92 Å². The maximum Gasteiger partial charge on any atom is 0.285 e. The summed E-state index contributed by atoms with van der Waals surface area (Å²) in [4.78, 5) is 16.7. The Labute approximate surface area is 154 Å². The molecule has 1 fully saturated rings. The van der Waals surface area contributed by atoms with Crippen molar-refractivity contribution in [2.75, 3.05) is 26.2 Å². The standard InChI is InChI=1S/C19H23N3O3S/c1-3-11-22(12-4-2)19(23)15-9-13-21(14-10-15)18-16-7-5-6-8-17(16)26(24,25)20-18/h3-8,15H,1-2,9-14H2. The van der Waals surface area contributed by atoms with Crippen molar-refractivity contribution in [3.63, 3.8) is 0 Å². The van der Waals surface area contributed by atoms with Gasteiger partial charge in [-0.2, -0.15) is 8.42 Å². The molecule has 0 aromatic heterocycles. The van der Waals surface area contributed by atoms with Crippen molar-refractivity contribution in [3.8, 4) is 0 Å². The average Bonchev–Trinajstić information content (AvgIpc) is 2.93. The van der Waals surface area contributed by atoms with Gasteiger partial charge in [0.1, 0.15) is 4.90 Å². The van der Waals surface area contributed by atoms with E-state index >= 15 is 0 Å². The summed E-state index contributed by atoms with van der Waals surface area (Å²) in [6.07, 6.45) is 4.77. The Kier molecular flexibility index (Phi) is 5.27. The summed E-state index contributed by atoms with van der Waals surface area (Å²) in [5.41, 5.74) is 0.650. The minimum Gasteiger partial charge on any atom is -0.355 e. The predicted octanol–water partition coefficient (Wildman–Crippen LogP) is 2.05. The van der Waals surface area contributed by atoms with E-state index in [4.69, 9.17) is 0 Å². The highest BCUT2D eigenvalue weighted by Crippen LogP contribution is 2.30. The molecule has 0 radical (unpaired) electrons. The van der Waals surface area contributed by atoms with Crippen LogP contribution in [0.4, 0.5) is 0 Å². The van der Waals surface area contributed by atoms with Crippen LogP contribution in [-0.2, 0) is 14.8 Å². The fourth-order valence-corrected chi connectivity index (χ4v) is 4.71. The molecule has 138 valence electrons. The second kappa shape index (κ2) is 7.45. The first-order valence-corrected chi connectivity index (χ1v) is 10.1. The van der Waals surface area contributed by atoms with Crippen molar-refractivity contribution in [1.29, 1.82) is 0 Å². The Morgan fingerprint density at radius 1 is 1.19 bits per heavy atom. The first-order chi connectivity index (χ1) is 12.5. The lowest BCUT2D eigenvalue weighted by atomic mass is 9.94. The number of nitrogens with zero attached hydrogens (tertiary/aromatic N) is 3. The molecule has 3 rings (SSSR count). The second-order valence-electron chi connectivity index (χ2n) is 6.47. The zero-order valence-electron chi connectivity index (χ0n) is 14.7.